The highest BCUT2D eigenvalue weighted by molar-refractivity contribution is 5.97. The third kappa shape index (κ3) is 3.61. The Balaban J connectivity index is 1.66. The first kappa shape index (κ1) is 17.0. The van der Waals surface area contributed by atoms with Crippen molar-refractivity contribution < 1.29 is 14.3 Å². The van der Waals surface area contributed by atoms with Crippen LogP contribution < -0.4 is 5.32 Å². The molecule has 2 amide bonds. The predicted octanol–water partition coefficient (Wildman–Crippen LogP) is 1.89. The number of aromatic amines is 1. The Hall–Kier alpha value is -1.89. The van der Waals surface area contributed by atoms with E-state index in [-0.39, 0.29) is 17.7 Å². The Morgan fingerprint density at radius 3 is 2.79 bits per heavy atom. The van der Waals surface area contributed by atoms with Crippen molar-refractivity contribution in [3.8, 4) is 0 Å². The van der Waals surface area contributed by atoms with Crippen molar-refractivity contribution >= 4 is 17.6 Å². The smallest absolute Gasteiger partial charge is 0.248 e. The first-order chi connectivity index (χ1) is 11.6. The number of nitrogens with one attached hydrogen (secondary N) is 2. The quantitative estimate of drug-likeness (QED) is 0.861. The average molecular weight is 334 g/mol. The molecule has 132 valence electrons. The summed E-state index contributed by atoms with van der Waals surface area (Å²) in [7, 11) is 0. The molecule has 0 saturated carbocycles. The zero-order chi connectivity index (χ0) is 17.1. The molecule has 3 heterocycles. The van der Waals surface area contributed by atoms with E-state index in [1.54, 1.807) is 4.90 Å². The molecule has 0 bridgehead atoms. The van der Waals surface area contributed by atoms with E-state index in [9.17, 15) is 9.59 Å². The van der Waals surface area contributed by atoms with Crippen LogP contribution in [0.5, 0.6) is 0 Å². The molecule has 0 spiro atoms. The van der Waals surface area contributed by atoms with Crippen LogP contribution in [0.3, 0.4) is 0 Å². The van der Waals surface area contributed by atoms with Crippen LogP contribution in [0.1, 0.15) is 51.1 Å². The third-order valence-corrected chi connectivity index (χ3v) is 4.86. The molecule has 2 saturated heterocycles. The molecule has 3 rings (SSSR count). The molecule has 0 aromatic carbocycles. The normalized spacial score (nSPS) is 20.6. The fourth-order valence-corrected chi connectivity index (χ4v) is 3.59. The van der Waals surface area contributed by atoms with Crippen LogP contribution in [0.2, 0.25) is 0 Å². The number of hydrogen-bond donors (Lipinski definition) is 2. The van der Waals surface area contributed by atoms with E-state index >= 15 is 0 Å². The Morgan fingerprint density at radius 2 is 2.17 bits per heavy atom. The molecule has 0 aliphatic carbocycles. The lowest BCUT2D eigenvalue weighted by Crippen LogP contribution is -2.48. The Labute approximate surface area is 142 Å². The van der Waals surface area contributed by atoms with Gasteiger partial charge in [0.1, 0.15) is 6.04 Å². The molecule has 7 heteroatoms. The number of carbonyl (C=O) groups is 2. The molecule has 0 radical (unpaired) electrons. The zero-order valence-corrected chi connectivity index (χ0v) is 14.4. The van der Waals surface area contributed by atoms with Crippen LogP contribution in [-0.2, 0) is 14.3 Å². The lowest BCUT2D eigenvalue weighted by atomic mass is 9.97. The lowest BCUT2D eigenvalue weighted by Gasteiger charge is -2.29. The number of anilines is 1. The maximum Gasteiger partial charge on any atom is 0.248 e. The van der Waals surface area contributed by atoms with Crippen LogP contribution in [0, 0.1) is 5.92 Å². The maximum atomic E-state index is 12.7. The monoisotopic (exact) mass is 334 g/mol. The molecule has 1 unspecified atom stereocenters. The topological polar surface area (TPSA) is 87.3 Å². The summed E-state index contributed by atoms with van der Waals surface area (Å²) in [6.07, 6.45) is 3.29. The van der Waals surface area contributed by atoms with Crippen molar-refractivity contribution in [1.29, 1.82) is 0 Å². The summed E-state index contributed by atoms with van der Waals surface area (Å²) < 4.78 is 5.38. The highest BCUT2D eigenvalue weighted by Gasteiger charge is 2.35. The summed E-state index contributed by atoms with van der Waals surface area (Å²) in [6.45, 7) is 6.11. The maximum absolute atomic E-state index is 12.7. The summed E-state index contributed by atoms with van der Waals surface area (Å²) in [5.74, 6) is 0.886. The van der Waals surface area contributed by atoms with Gasteiger partial charge in [0, 0.05) is 43.9 Å². The summed E-state index contributed by atoms with van der Waals surface area (Å²) >= 11 is 0. The van der Waals surface area contributed by atoms with E-state index in [0.29, 0.717) is 24.7 Å². The lowest BCUT2D eigenvalue weighted by molar-refractivity contribution is -0.136. The number of aromatic nitrogens is 2. The number of rotatable bonds is 5. The Kier molecular flexibility index (Phi) is 5.18. The second-order valence-corrected chi connectivity index (χ2v) is 6.96. The van der Waals surface area contributed by atoms with Crippen LogP contribution in [0.15, 0.2) is 6.07 Å². The molecule has 2 aliphatic rings. The number of amides is 2. The average Bonchev–Trinajstić information content (AvgIpc) is 3.18. The number of carbonyl (C=O) groups excluding carboxylic acids is 2. The molecule has 2 aliphatic heterocycles. The van der Waals surface area contributed by atoms with Crippen molar-refractivity contribution in [3.63, 3.8) is 0 Å². The molecular formula is C17H26N4O3. The number of likely N-dealkylation sites (tertiary alicyclic amines) is 1. The summed E-state index contributed by atoms with van der Waals surface area (Å²) in [5.41, 5.74) is 1.03. The second kappa shape index (κ2) is 7.34. The molecule has 1 aromatic heterocycles. The van der Waals surface area contributed by atoms with Crippen molar-refractivity contribution in [2.45, 2.75) is 51.5 Å². The standard InChI is InChI=1S/C17H26N4O3/c1-11(2)16(21-7-3-4-15(21)22)17(23)18-14-10-13(19-20-14)12-5-8-24-9-6-12/h10-12,16H,3-9H2,1-2H3,(H2,18,19,20,23). The van der Waals surface area contributed by atoms with Gasteiger partial charge < -0.3 is 15.0 Å². The Bertz CT molecular complexity index is 592. The van der Waals surface area contributed by atoms with Gasteiger partial charge in [-0.05, 0) is 25.2 Å². The highest BCUT2D eigenvalue weighted by Crippen LogP contribution is 2.27. The van der Waals surface area contributed by atoms with Gasteiger partial charge in [-0.25, -0.2) is 0 Å². The SMILES string of the molecule is CC(C)C(C(=O)Nc1cc(C2CCOCC2)[nH]n1)N1CCCC1=O. The first-order valence-electron chi connectivity index (χ1n) is 8.79. The number of ether oxygens (including phenoxy) is 1. The number of nitrogens with zero attached hydrogens (tertiary/aromatic N) is 2. The molecule has 7 nitrogen and oxygen atoms in total. The summed E-state index contributed by atoms with van der Waals surface area (Å²) in [5, 5.41) is 10.1. The molecule has 1 atom stereocenters. The minimum atomic E-state index is -0.441. The van der Waals surface area contributed by atoms with E-state index in [2.05, 4.69) is 15.5 Å². The minimum absolute atomic E-state index is 0.0564. The van der Waals surface area contributed by atoms with Crippen LogP contribution >= 0.6 is 0 Å². The highest BCUT2D eigenvalue weighted by atomic mass is 16.5. The molecule has 1 aromatic rings. The van der Waals surface area contributed by atoms with E-state index in [4.69, 9.17) is 4.74 Å². The van der Waals surface area contributed by atoms with Crippen molar-refractivity contribution in [2.24, 2.45) is 5.92 Å². The molecule has 2 fully saturated rings. The summed E-state index contributed by atoms with van der Waals surface area (Å²) in [6, 6.07) is 1.46. The van der Waals surface area contributed by atoms with Gasteiger partial charge in [-0.3, -0.25) is 14.7 Å². The minimum Gasteiger partial charge on any atom is -0.381 e. The van der Waals surface area contributed by atoms with Gasteiger partial charge in [-0.1, -0.05) is 13.8 Å². The summed E-state index contributed by atoms with van der Waals surface area (Å²) in [4.78, 5) is 26.4. The second-order valence-electron chi connectivity index (χ2n) is 6.96. The van der Waals surface area contributed by atoms with E-state index < -0.39 is 6.04 Å². The van der Waals surface area contributed by atoms with E-state index in [1.807, 2.05) is 19.9 Å². The molecule has 2 N–H and O–H groups in total. The first-order valence-corrected chi connectivity index (χ1v) is 8.79. The van der Waals surface area contributed by atoms with Crippen molar-refractivity contribution in [3.05, 3.63) is 11.8 Å². The van der Waals surface area contributed by atoms with Crippen LogP contribution in [0.4, 0.5) is 5.82 Å². The van der Waals surface area contributed by atoms with Gasteiger partial charge >= 0.3 is 0 Å². The van der Waals surface area contributed by atoms with Gasteiger partial charge in [0.15, 0.2) is 5.82 Å². The van der Waals surface area contributed by atoms with E-state index in [0.717, 1.165) is 38.2 Å². The molecular weight excluding hydrogens is 308 g/mol. The van der Waals surface area contributed by atoms with Crippen molar-refractivity contribution in [1.82, 2.24) is 15.1 Å². The predicted molar refractivity (Wildman–Crippen MR) is 89.6 cm³/mol. The Morgan fingerprint density at radius 1 is 1.42 bits per heavy atom. The van der Waals surface area contributed by atoms with Gasteiger partial charge in [-0.2, -0.15) is 5.10 Å². The van der Waals surface area contributed by atoms with Gasteiger partial charge in [-0.15, -0.1) is 0 Å². The number of H-pyrrole nitrogens is 1. The van der Waals surface area contributed by atoms with Gasteiger partial charge in [0.05, 0.1) is 0 Å². The zero-order valence-electron chi connectivity index (χ0n) is 14.4. The van der Waals surface area contributed by atoms with Crippen molar-refractivity contribution in [2.75, 3.05) is 25.1 Å². The van der Waals surface area contributed by atoms with Crippen LogP contribution in [-0.4, -0.2) is 52.7 Å². The fraction of sp³-hybridized carbons (Fsp3) is 0.706. The fourth-order valence-electron chi connectivity index (χ4n) is 3.59. The van der Waals surface area contributed by atoms with Gasteiger partial charge in [0.25, 0.3) is 0 Å². The number of hydrogen-bond acceptors (Lipinski definition) is 4. The molecule has 24 heavy (non-hydrogen) atoms. The van der Waals surface area contributed by atoms with Crippen LogP contribution in [0.25, 0.3) is 0 Å². The largest absolute Gasteiger partial charge is 0.381 e. The van der Waals surface area contributed by atoms with Gasteiger partial charge in [0.2, 0.25) is 11.8 Å². The van der Waals surface area contributed by atoms with E-state index in [1.165, 1.54) is 0 Å². The third-order valence-electron chi connectivity index (χ3n) is 4.86.